The van der Waals surface area contributed by atoms with Crippen LogP contribution in [-0.4, -0.2) is 111 Å². The number of thiocarbonyl (C=S) groups is 2. The fourth-order valence-corrected chi connectivity index (χ4v) is 31.9. The molecule has 0 aromatic heterocycles. The number of ketones is 2. The number of benzene rings is 6. The molecule has 0 bridgehead atoms. The maximum atomic E-state index is 12.2. The molecule has 772 valence electrons. The van der Waals surface area contributed by atoms with E-state index in [-0.39, 0.29) is 113 Å². The van der Waals surface area contributed by atoms with Crippen molar-refractivity contribution < 1.29 is 73.4 Å². The van der Waals surface area contributed by atoms with Crippen molar-refractivity contribution >= 4 is 69.0 Å². The molecular weight excluding hydrogens is 1900 g/mol. The Balaban J connectivity index is 0.000000113. The van der Waals surface area contributed by atoms with Gasteiger partial charge >= 0.3 is 0 Å². The molecule has 26 rings (SSSR count). The van der Waals surface area contributed by atoms with Crippen LogP contribution in [0.15, 0.2) is 235 Å². The SMILES string of the molecule is CC#CC1C[C@H]2[C@@H]3CCC4=CC(=NNC(=S)Nc5ccccc5)CCC4=C3[C@@H](c3ccc4c(c3)OCO4)C[C@]2(C)[C@H]1O.CC#CC1C[C@H]2[C@@H]3CCC4=CC(=NNC(=S)Nc5ccccc5)CCC4=C3[C@@H](c3ccc4c(c3)OCO4)C[C@]2(C)[C@H]1O.CC#CC1C[C@H]2[C@@H]3CCC4=CC(=O)CCC4=C3[C@@H](c3ccc4c(c3)OCO4)C[C@]2(C)[C@H]1O.CC#CC1C[C@H]2[C@@H]3CCC4=CC(=O)CCC4=C3[C@@H](c3ccc4c(c3)OCO4)C[C@]2(C)[C@H]1O.O. The lowest BCUT2D eigenvalue weighted by molar-refractivity contribution is -0.115. The lowest BCUT2D eigenvalue weighted by Crippen LogP contribution is -2.45. The minimum absolute atomic E-state index is 0. The van der Waals surface area contributed by atoms with E-state index in [0.717, 1.165) is 210 Å². The second kappa shape index (κ2) is 41.5. The van der Waals surface area contributed by atoms with Gasteiger partial charge < -0.3 is 74.4 Å². The number of ether oxygens (including phenoxy) is 8. The van der Waals surface area contributed by atoms with Gasteiger partial charge in [0, 0.05) is 71.6 Å². The summed E-state index contributed by atoms with van der Waals surface area (Å²) in [5.41, 5.74) is 31.6. The second-order valence-corrected chi connectivity index (χ2v) is 46.5. The summed E-state index contributed by atoms with van der Waals surface area (Å²) in [6.07, 6.45) is 29.0. The highest BCUT2D eigenvalue weighted by Gasteiger charge is 2.65. The average molecular weight is 2040 g/mol. The zero-order valence-corrected chi connectivity index (χ0v) is 88.1. The third-order valence-electron chi connectivity index (χ3n) is 38.1. The van der Waals surface area contributed by atoms with Gasteiger partial charge in [0.2, 0.25) is 27.2 Å². The van der Waals surface area contributed by atoms with Gasteiger partial charge in [-0.3, -0.25) is 20.4 Å². The van der Waals surface area contributed by atoms with Crippen LogP contribution in [0.3, 0.4) is 0 Å². The first-order chi connectivity index (χ1) is 71.9. The minimum atomic E-state index is -0.417. The Morgan fingerprint density at radius 3 is 0.859 bits per heavy atom. The van der Waals surface area contributed by atoms with Crippen LogP contribution in [-0.2, 0) is 9.59 Å². The van der Waals surface area contributed by atoms with Crippen molar-refractivity contribution in [3.05, 3.63) is 247 Å². The molecule has 23 heteroatoms. The van der Waals surface area contributed by atoms with Crippen LogP contribution in [0.5, 0.6) is 46.0 Å². The molecule has 4 aliphatic heterocycles. The number of aliphatic hydroxyl groups excluding tert-OH is 4. The van der Waals surface area contributed by atoms with Gasteiger partial charge in [0.25, 0.3) is 0 Å². The Hall–Kier alpha value is -12.3. The molecule has 4 heterocycles. The Morgan fingerprint density at radius 1 is 0.336 bits per heavy atom. The number of aliphatic hydroxyl groups is 4. The van der Waals surface area contributed by atoms with Gasteiger partial charge in [-0.15, -0.1) is 23.7 Å². The summed E-state index contributed by atoms with van der Waals surface area (Å²) < 4.78 is 45.4. The summed E-state index contributed by atoms with van der Waals surface area (Å²) in [5, 5.41) is 62.9. The smallest absolute Gasteiger partial charge is 0.231 e. The highest BCUT2D eigenvalue weighted by Crippen LogP contribution is 2.71. The third-order valence-corrected chi connectivity index (χ3v) is 38.5. The number of rotatable bonds is 8. The maximum absolute atomic E-state index is 12.2. The molecule has 24 atom stereocenters. The predicted octanol–water partition coefficient (Wildman–Crippen LogP) is 22.4. The number of hydrogen-bond acceptors (Lipinski definition) is 18. The number of carbonyl (C=O) groups excluding carboxylic acids is 2. The van der Waals surface area contributed by atoms with E-state index >= 15 is 0 Å². The Morgan fingerprint density at radius 2 is 0.591 bits per heavy atom. The first-order valence-electron chi connectivity index (χ1n) is 54.1. The van der Waals surface area contributed by atoms with Crippen LogP contribution in [0.2, 0.25) is 0 Å². The van der Waals surface area contributed by atoms with Crippen molar-refractivity contribution in [1.82, 2.24) is 10.9 Å². The highest BCUT2D eigenvalue weighted by molar-refractivity contribution is 7.80. The van der Waals surface area contributed by atoms with Gasteiger partial charge in [-0.1, -0.05) is 134 Å². The van der Waals surface area contributed by atoms with E-state index < -0.39 is 24.4 Å². The predicted molar refractivity (Wildman–Crippen MR) is 585 cm³/mol. The second-order valence-electron chi connectivity index (χ2n) is 45.6. The van der Waals surface area contributed by atoms with E-state index in [9.17, 15) is 30.0 Å². The minimum Gasteiger partial charge on any atom is -0.454 e. The molecule has 149 heavy (non-hydrogen) atoms. The van der Waals surface area contributed by atoms with Gasteiger partial charge in [-0.2, -0.15) is 10.2 Å². The van der Waals surface area contributed by atoms with Crippen LogP contribution in [0, 0.1) is 140 Å². The van der Waals surface area contributed by atoms with Crippen molar-refractivity contribution in [3.63, 3.8) is 0 Å². The van der Waals surface area contributed by atoms with Gasteiger partial charge in [-0.05, 0) is 426 Å². The fourth-order valence-electron chi connectivity index (χ4n) is 31.6. The summed E-state index contributed by atoms with van der Waals surface area (Å²) in [6.45, 7) is 17.8. The van der Waals surface area contributed by atoms with Gasteiger partial charge in [0.15, 0.2) is 67.8 Å². The first-order valence-corrected chi connectivity index (χ1v) is 54.9. The molecule has 10 N–H and O–H groups in total. The molecule has 0 amide bonds. The molecule has 16 aliphatic carbocycles. The summed E-state index contributed by atoms with van der Waals surface area (Å²) in [5.74, 6) is 37.1. The van der Waals surface area contributed by atoms with E-state index in [1.165, 1.54) is 78.0 Å². The summed E-state index contributed by atoms with van der Waals surface area (Å²) >= 11 is 11.0. The molecule has 4 unspecified atom stereocenters. The first kappa shape index (κ1) is 101. The molecule has 0 spiro atoms. The molecule has 0 saturated heterocycles. The lowest BCUT2D eigenvalue weighted by Gasteiger charge is -2.52. The van der Waals surface area contributed by atoms with Crippen LogP contribution < -0.4 is 59.4 Å². The van der Waals surface area contributed by atoms with Crippen molar-refractivity contribution in [2.24, 2.45) is 103 Å². The van der Waals surface area contributed by atoms with Crippen molar-refractivity contribution in [3.8, 4) is 93.4 Å². The van der Waals surface area contributed by atoms with Crippen LogP contribution in [0.1, 0.15) is 255 Å². The number of nitrogens with one attached hydrogen (secondary N) is 4. The molecule has 0 radical (unpaired) electrons. The van der Waals surface area contributed by atoms with E-state index in [0.29, 0.717) is 70.4 Å². The number of nitrogens with zero attached hydrogens (tertiary/aromatic N) is 2. The maximum Gasteiger partial charge on any atom is 0.231 e. The normalized spacial score (nSPS) is 33.9. The average Bonchev–Trinajstić information content (AvgIpc) is 1.58. The molecular formula is C126H136N6O15S2. The van der Waals surface area contributed by atoms with E-state index in [2.05, 4.69) is 167 Å². The Kier molecular flexibility index (Phi) is 28.2. The third kappa shape index (κ3) is 18.6. The van der Waals surface area contributed by atoms with E-state index in [1.807, 2.05) is 125 Å². The molecule has 6 aromatic carbocycles. The molecule has 6 aromatic rings. The summed E-state index contributed by atoms with van der Waals surface area (Å²) in [7, 11) is 0. The van der Waals surface area contributed by atoms with Crippen LogP contribution in [0.25, 0.3) is 0 Å². The lowest BCUT2D eigenvalue weighted by atomic mass is 9.53. The zero-order chi connectivity index (χ0) is 102. The summed E-state index contributed by atoms with van der Waals surface area (Å²) in [4.78, 5) is 24.3. The van der Waals surface area contributed by atoms with Gasteiger partial charge in [-0.25, -0.2) is 0 Å². The van der Waals surface area contributed by atoms with Gasteiger partial charge in [0.1, 0.15) is 0 Å². The van der Waals surface area contributed by atoms with Crippen molar-refractivity contribution in [1.29, 1.82) is 0 Å². The quantitative estimate of drug-likeness (QED) is 0.0399. The molecule has 8 fully saturated rings. The number of carbonyl (C=O) groups is 2. The monoisotopic (exact) mass is 2040 g/mol. The van der Waals surface area contributed by atoms with Crippen molar-refractivity contribution in [2.45, 2.75) is 258 Å². The Labute approximate surface area is 885 Å². The largest absolute Gasteiger partial charge is 0.454 e. The van der Waals surface area contributed by atoms with Crippen LogP contribution >= 0.6 is 24.4 Å². The number of hydrogen-bond donors (Lipinski definition) is 8. The highest BCUT2D eigenvalue weighted by atomic mass is 32.1. The molecule has 20 aliphatic rings. The number of fused-ring (bicyclic) bond motifs is 20. The topological polar surface area (TPSA) is 293 Å². The number of para-hydroxylation sites is 2. The van der Waals surface area contributed by atoms with E-state index in [1.54, 1.807) is 11.1 Å². The molecule has 21 nitrogen and oxygen atoms in total. The Bertz CT molecular complexity index is 6610. The standard InChI is InChI=1S/2C35H37N3O3S.2C28H30O4.H2O/c2*1-3-7-23-17-29-27-13-10-21-16-25(37-38-34(42)36-24-8-5-4-6-9-24)12-14-26(21)32(27)28(19-35(29,2)33(23)39)22-11-15-30-31(18-22)41-20-40-30;2*1-3-4-18-12-23-21-8-5-16-11-19(29)7-9-20(16)26(21)22(14-28(23,2)27(18)30)17-6-10-24-25(13-17)32-15-31-24;/h2*4-6,8-9,11,15-16,18,23,27-29,33,39H,10,12-14,17,19-20H2,1-2H3,(H2,36,38,42);2*6,10-11,13,18,21-23,27,30H,5,7-9,12,14-15H2,1-2H3;1H2/t2*23?,27-,28+,29-,33-,35-;2*18?,21-,22+,23-,27-,28-;/m0000./s1. The van der Waals surface area contributed by atoms with Gasteiger partial charge in [0.05, 0.1) is 35.8 Å². The number of allylic oxidation sites excluding steroid dienone is 16. The van der Waals surface area contributed by atoms with E-state index in [4.69, 9.17) is 62.3 Å². The van der Waals surface area contributed by atoms with Crippen molar-refractivity contribution in [2.75, 3.05) is 37.8 Å². The number of hydrazone groups is 2. The zero-order valence-electron chi connectivity index (χ0n) is 86.4. The fraction of sp³-hybridized carbons (Fsp3) is 0.476. The van der Waals surface area contributed by atoms with Crippen LogP contribution in [0.4, 0.5) is 11.4 Å². The summed E-state index contributed by atoms with van der Waals surface area (Å²) in [6, 6.07) is 45.3. The number of anilines is 2. The molecule has 8 saturated carbocycles.